The molecule has 1 saturated heterocycles. The second-order valence-electron chi connectivity index (χ2n) is 5.28. The number of piperidine rings is 1. The number of nitrogens with zero attached hydrogens (tertiary/aromatic N) is 1. The highest BCUT2D eigenvalue weighted by Crippen LogP contribution is 2.22. The van der Waals surface area contributed by atoms with Crippen molar-refractivity contribution in [2.24, 2.45) is 11.7 Å². The van der Waals surface area contributed by atoms with E-state index in [2.05, 4.69) is 6.92 Å². The molecule has 0 spiro atoms. The Hall–Kier alpha value is -0.320. The molecule has 18 heavy (non-hydrogen) atoms. The Balaban J connectivity index is 0.00000289. The van der Waals surface area contributed by atoms with E-state index in [0.717, 1.165) is 19.4 Å². The summed E-state index contributed by atoms with van der Waals surface area (Å²) in [6.07, 6.45) is 2.79. The number of carbonyl (C=O) groups excluding carboxylic acids is 1. The Morgan fingerprint density at radius 1 is 1.50 bits per heavy atom. The molecule has 0 radical (unpaired) electrons. The summed E-state index contributed by atoms with van der Waals surface area (Å²) in [4.78, 5) is 14.0. The van der Waals surface area contributed by atoms with Gasteiger partial charge in [0.15, 0.2) is 0 Å². The van der Waals surface area contributed by atoms with Crippen molar-refractivity contribution in [3.8, 4) is 0 Å². The van der Waals surface area contributed by atoms with E-state index in [1.807, 2.05) is 18.7 Å². The van der Waals surface area contributed by atoms with Gasteiger partial charge in [-0.05, 0) is 32.6 Å². The molecule has 108 valence electrons. The van der Waals surface area contributed by atoms with E-state index >= 15 is 0 Å². The highest BCUT2D eigenvalue weighted by atomic mass is 35.5. The van der Waals surface area contributed by atoms with Crippen LogP contribution in [0.15, 0.2) is 0 Å². The van der Waals surface area contributed by atoms with Gasteiger partial charge in [0.25, 0.3) is 0 Å². The number of hydrogen-bond donors (Lipinski definition) is 1. The third-order valence-electron chi connectivity index (χ3n) is 3.34. The number of carbonyl (C=O) groups is 1. The molecule has 4 nitrogen and oxygen atoms in total. The van der Waals surface area contributed by atoms with Crippen LogP contribution in [0.1, 0.15) is 40.0 Å². The maximum atomic E-state index is 12.0. The topological polar surface area (TPSA) is 55.6 Å². The largest absolute Gasteiger partial charge is 0.378 e. The molecule has 1 aliphatic rings. The first-order chi connectivity index (χ1) is 8.04. The van der Waals surface area contributed by atoms with E-state index in [1.54, 1.807) is 0 Å². The molecule has 1 rings (SSSR count). The lowest BCUT2D eigenvalue weighted by Gasteiger charge is -2.38. The lowest BCUT2D eigenvalue weighted by Crippen LogP contribution is -2.49. The number of rotatable bonds is 5. The second-order valence-corrected chi connectivity index (χ2v) is 5.28. The summed E-state index contributed by atoms with van der Waals surface area (Å²) >= 11 is 0. The lowest BCUT2D eigenvalue weighted by molar-refractivity contribution is -0.136. The smallest absolute Gasteiger partial charge is 0.225 e. The first kappa shape index (κ1) is 17.7. The van der Waals surface area contributed by atoms with E-state index < -0.39 is 0 Å². The number of hydrogen-bond acceptors (Lipinski definition) is 3. The Kier molecular flexibility index (Phi) is 8.57. The fourth-order valence-corrected chi connectivity index (χ4v) is 2.33. The molecule has 1 heterocycles. The van der Waals surface area contributed by atoms with Crippen molar-refractivity contribution < 1.29 is 9.53 Å². The molecular weight excluding hydrogens is 252 g/mol. The van der Waals surface area contributed by atoms with Crippen LogP contribution >= 0.6 is 12.4 Å². The van der Waals surface area contributed by atoms with Gasteiger partial charge in [0.2, 0.25) is 5.91 Å². The molecular formula is C13H27ClN2O2. The van der Waals surface area contributed by atoms with E-state index in [-0.39, 0.29) is 30.5 Å². The molecule has 1 amide bonds. The van der Waals surface area contributed by atoms with Gasteiger partial charge in [0.05, 0.1) is 19.1 Å². The quantitative estimate of drug-likeness (QED) is 0.834. The summed E-state index contributed by atoms with van der Waals surface area (Å²) in [7, 11) is 0. The Bertz CT molecular complexity index is 249. The molecule has 0 aromatic carbocycles. The van der Waals surface area contributed by atoms with Gasteiger partial charge in [-0.1, -0.05) is 6.92 Å². The van der Waals surface area contributed by atoms with Crippen LogP contribution in [0.25, 0.3) is 0 Å². The van der Waals surface area contributed by atoms with Crippen LogP contribution in [0.5, 0.6) is 0 Å². The van der Waals surface area contributed by atoms with Gasteiger partial charge in [-0.2, -0.15) is 0 Å². The zero-order valence-corrected chi connectivity index (χ0v) is 12.5. The van der Waals surface area contributed by atoms with Crippen LogP contribution in [0.2, 0.25) is 0 Å². The van der Waals surface area contributed by atoms with Crippen molar-refractivity contribution in [2.45, 2.75) is 52.2 Å². The van der Waals surface area contributed by atoms with Crippen molar-refractivity contribution in [3.63, 3.8) is 0 Å². The minimum absolute atomic E-state index is 0. The number of nitrogens with two attached hydrogens (primary N) is 1. The zero-order valence-electron chi connectivity index (χ0n) is 11.7. The fraction of sp³-hybridized carbons (Fsp3) is 0.923. The van der Waals surface area contributed by atoms with Crippen LogP contribution in [0.4, 0.5) is 0 Å². The molecule has 1 fully saturated rings. The van der Waals surface area contributed by atoms with E-state index in [0.29, 0.717) is 25.5 Å². The summed E-state index contributed by atoms with van der Waals surface area (Å²) in [5, 5.41) is 0. The van der Waals surface area contributed by atoms with Crippen molar-refractivity contribution >= 4 is 18.3 Å². The summed E-state index contributed by atoms with van der Waals surface area (Å²) in [5.41, 5.74) is 5.75. The molecule has 0 saturated carbocycles. The molecule has 5 heteroatoms. The average molecular weight is 279 g/mol. The molecule has 2 atom stereocenters. The monoisotopic (exact) mass is 278 g/mol. The SMILES string of the molecule is CC1CCN(C(=O)CCOC(C)C)C(CN)C1.Cl. The predicted molar refractivity (Wildman–Crippen MR) is 75.9 cm³/mol. The summed E-state index contributed by atoms with van der Waals surface area (Å²) in [6, 6.07) is 0.227. The minimum Gasteiger partial charge on any atom is -0.378 e. The summed E-state index contributed by atoms with van der Waals surface area (Å²) in [5.74, 6) is 0.868. The van der Waals surface area contributed by atoms with Gasteiger partial charge in [-0.15, -0.1) is 12.4 Å². The maximum absolute atomic E-state index is 12.0. The van der Waals surface area contributed by atoms with Gasteiger partial charge in [0.1, 0.15) is 0 Å². The van der Waals surface area contributed by atoms with Crippen LogP contribution in [0, 0.1) is 5.92 Å². The van der Waals surface area contributed by atoms with Gasteiger partial charge >= 0.3 is 0 Å². The first-order valence-corrected chi connectivity index (χ1v) is 6.65. The van der Waals surface area contributed by atoms with Gasteiger partial charge < -0.3 is 15.4 Å². The third-order valence-corrected chi connectivity index (χ3v) is 3.34. The van der Waals surface area contributed by atoms with Gasteiger partial charge in [0, 0.05) is 19.1 Å². The van der Waals surface area contributed by atoms with Crippen molar-refractivity contribution in [1.29, 1.82) is 0 Å². The highest BCUT2D eigenvalue weighted by Gasteiger charge is 2.28. The normalized spacial score (nSPS) is 23.9. The van der Waals surface area contributed by atoms with E-state index in [4.69, 9.17) is 10.5 Å². The minimum atomic E-state index is 0. The lowest BCUT2D eigenvalue weighted by atomic mass is 9.92. The zero-order chi connectivity index (χ0) is 12.8. The van der Waals surface area contributed by atoms with Crippen LogP contribution in [0.3, 0.4) is 0 Å². The number of halogens is 1. The maximum Gasteiger partial charge on any atom is 0.225 e. The number of likely N-dealkylation sites (tertiary alicyclic amines) is 1. The molecule has 2 unspecified atom stereocenters. The van der Waals surface area contributed by atoms with Crippen molar-refractivity contribution in [3.05, 3.63) is 0 Å². The second kappa shape index (κ2) is 8.73. The van der Waals surface area contributed by atoms with Crippen LogP contribution in [-0.4, -0.2) is 42.6 Å². The predicted octanol–water partition coefficient (Wildman–Crippen LogP) is 1.81. The Labute approximate surface area is 117 Å². The molecule has 0 aliphatic carbocycles. The van der Waals surface area contributed by atoms with Crippen molar-refractivity contribution in [1.82, 2.24) is 4.90 Å². The standard InChI is InChI=1S/C13H26N2O2.ClH/c1-10(2)17-7-5-13(16)15-6-4-11(3)8-12(15)9-14;/h10-12H,4-9,14H2,1-3H3;1H. The summed E-state index contributed by atoms with van der Waals surface area (Å²) < 4.78 is 5.41. The molecule has 0 aromatic heterocycles. The Morgan fingerprint density at radius 3 is 2.72 bits per heavy atom. The van der Waals surface area contributed by atoms with Gasteiger partial charge in [-0.25, -0.2) is 0 Å². The first-order valence-electron chi connectivity index (χ1n) is 6.65. The van der Waals surface area contributed by atoms with E-state index in [9.17, 15) is 4.79 Å². The Morgan fingerprint density at radius 2 is 2.17 bits per heavy atom. The molecule has 1 aliphatic heterocycles. The molecule has 2 N–H and O–H groups in total. The third kappa shape index (κ3) is 5.55. The highest BCUT2D eigenvalue weighted by molar-refractivity contribution is 5.85. The summed E-state index contributed by atoms with van der Waals surface area (Å²) in [6.45, 7) is 8.13. The number of ether oxygens (including phenoxy) is 1. The number of amides is 1. The molecule has 0 aromatic rings. The fourth-order valence-electron chi connectivity index (χ4n) is 2.33. The molecule has 0 bridgehead atoms. The average Bonchev–Trinajstić information content (AvgIpc) is 2.28. The van der Waals surface area contributed by atoms with Crippen LogP contribution < -0.4 is 5.73 Å². The van der Waals surface area contributed by atoms with Crippen molar-refractivity contribution in [2.75, 3.05) is 19.7 Å². The van der Waals surface area contributed by atoms with Crippen LogP contribution in [-0.2, 0) is 9.53 Å². The van der Waals surface area contributed by atoms with E-state index in [1.165, 1.54) is 0 Å². The van der Waals surface area contributed by atoms with Gasteiger partial charge in [-0.3, -0.25) is 4.79 Å².